The van der Waals surface area contributed by atoms with Gasteiger partial charge in [0.2, 0.25) is 0 Å². The number of rotatable bonds is 7. The van der Waals surface area contributed by atoms with Gasteiger partial charge in [-0.1, -0.05) is 48.5 Å². The lowest BCUT2D eigenvalue weighted by Gasteiger charge is -2.20. The van der Waals surface area contributed by atoms with E-state index in [1.54, 1.807) is 13.2 Å². The molecule has 1 aliphatic heterocycles. The number of nitrogens with one attached hydrogen (secondary N) is 3. The maximum absolute atomic E-state index is 12.3. The molecule has 1 heterocycles. The van der Waals surface area contributed by atoms with Crippen LogP contribution in [0.5, 0.6) is 5.75 Å². The molecular formula is C26H29N3O3. The molecule has 1 saturated heterocycles. The van der Waals surface area contributed by atoms with Gasteiger partial charge >= 0.3 is 6.03 Å². The minimum atomic E-state index is -0.490. The molecule has 6 heteroatoms. The highest BCUT2D eigenvalue weighted by atomic mass is 16.5. The van der Waals surface area contributed by atoms with Crippen molar-refractivity contribution in [3.05, 3.63) is 90.0 Å². The van der Waals surface area contributed by atoms with Gasteiger partial charge < -0.3 is 25.8 Å². The number of aliphatic hydroxyl groups excluding tert-OH is 1. The molecule has 0 aromatic heterocycles. The average molecular weight is 432 g/mol. The third kappa shape index (κ3) is 5.66. The van der Waals surface area contributed by atoms with Crippen molar-refractivity contribution >= 4 is 17.4 Å². The second kappa shape index (κ2) is 10.3. The fraction of sp³-hybridized carbons (Fsp3) is 0.269. The molecule has 1 fully saturated rings. The van der Waals surface area contributed by atoms with E-state index in [9.17, 15) is 9.90 Å². The van der Waals surface area contributed by atoms with Gasteiger partial charge in [0.05, 0.1) is 13.2 Å². The predicted molar refractivity (Wildman–Crippen MR) is 127 cm³/mol. The van der Waals surface area contributed by atoms with E-state index in [0.717, 1.165) is 30.5 Å². The number of benzene rings is 3. The van der Waals surface area contributed by atoms with Gasteiger partial charge in [-0.25, -0.2) is 4.79 Å². The van der Waals surface area contributed by atoms with Crippen molar-refractivity contribution in [2.75, 3.05) is 17.7 Å². The Morgan fingerprint density at radius 2 is 1.75 bits per heavy atom. The van der Waals surface area contributed by atoms with Crippen LogP contribution in [-0.4, -0.2) is 30.3 Å². The van der Waals surface area contributed by atoms with Crippen LogP contribution >= 0.6 is 0 Å². The summed E-state index contributed by atoms with van der Waals surface area (Å²) in [5.74, 6) is 0.686. The van der Waals surface area contributed by atoms with Gasteiger partial charge in [-0.3, -0.25) is 0 Å². The Balaban J connectivity index is 1.27. The summed E-state index contributed by atoms with van der Waals surface area (Å²) in [7, 11) is 1.59. The van der Waals surface area contributed by atoms with Crippen LogP contribution in [0.3, 0.4) is 0 Å². The molecule has 6 nitrogen and oxygen atoms in total. The maximum atomic E-state index is 12.3. The number of amides is 2. The normalized spacial score (nSPS) is 18.7. The number of anilines is 2. The summed E-state index contributed by atoms with van der Waals surface area (Å²) in [5, 5.41) is 19.9. The van der Waals surface area contributed by atoms with Gasteiger partial charge in [0.25, 0.3) is 0 Å². The Hall–Kier alpha value is -3.35. The zero-order chi connectivity index (χ0) is 22.3. The smallest absolute Gasteiger partial charge is 0.323 e. The van der Waals surface area contributed by atoms with Gasteiger partial charge in [-0.15, -0.1) is 0 Å². The van der Waals surface area contributed by atoms with Gasteiger partial charge in [-0.05, 0) is 54.7 Å². The molecule has 0 saturated carbocycles. The second-order valence-electron chi connectivity index (χ2n) is 8.12. The lowest BCUT2D eigenvalue weighted by atomic mass is 10.0. The lowest BCUT2D eigenvalue weighted by molar-refractivity contribution is 0.135. The van der Waals surface area contributed by atoms with Crippen LogP contribution in [0, 0.1) is 0 Å². The van der Waals surface area contributed by atoms with Crippen molar-refractivity contribution in [1.29, 1.82) is 0 Å². The number of urea groups is 1. The monoisotopic (exact) mass is 431 g/mol. The van der Waals surface area contributed by atoms with Crippen molar-refractivity contribution in [2.45, 2.75) is 37.5 Å². The fourth-order valence-corrected chi connectivity index (χ4v) is 4.15. The highest BCUT2D eigenvalue weighted by molar-refractivity contribution is 5.99. The van der Waals surface area contributed by atoms with E-state index >= 15 is 0 Å². The summed E-state index contributed by atoms with van der Waals surface area (Å²) in [4.78, 5) is 12.3. The zero-order valence-electron chi connectivity index (χ0n) is 18.1. The Labute approximate surface area is 188 Å². The first-order chi connectivity index (χ1) is 15.6. The number of hydrogen-bond acceptors (Lipinski definition) is 4. The molecule has 3 aromatic rings. The van der Waals surface area contributed by atoms with Gasteiger partial charge in [0.15, 0.2) is 0 Å². The van der Waals surface area contributed by atoms with E-state index in [-0.39, 0.29) is 12.1 Å². The van der Waals surface area contributed by atoms with Crippen LogP contribution in [0.15, 0.2) is 78.9 Å². The molecule has 3 aromatic carbocycles. The van der Waals surface area contributed by atoms with Crippen LogP contribution in [0.25, 0.3) is 0 Å². The second-order valence-corrected chi connectivity index (χ2v) is 8.12. The van der Waals surface area contributed by atoms with Crippen molar-refractivity contribution in [3.63, 3.8) is 0 Å². The van der Waals surface area contributed by atoms with Crippen LogP contribution in [0.1, 0.15) is 30.1 Å². The highest BCUT2D eigenvalue weighted by Gasteiger charge is 2.29. The SMILES string of the molecule is COc1cccc(NC(=O)Nc2ccc(C[C@@H]3CC[C@H](C(O)c4ccccc4)N3)cc2)c1. The molecule has 2 amide bonds. The predicted octanol–water partition coefficient (Wildman–Crippen LogP) is 4.74. The first-order valence-corrected chi connectivity index (χ1v) is 10.9. The van der Waals surface area contributed by atoms with Crippen molar-refractivity contribution < 1.29 is 14.6 Å². The van der Waals surface area contributed by atoms with E-state index in [0.29, 0.717) is 17.5 Å². The molecule has 0 bridgehead atoms. The first-order valence-electron chi connectivity index (χ1n) is 10.9. The van der Waals surface area contributed by atoms with Crippen LogP contribution in [0.4, 0.5) is 16.2 Å². The Bertz CT molecular complexity index is 1020. The Morgan fingerprint density at radius 3 is 2.50 bits per heavy atom. The molecule has 4 rings (SSSR count). The summed E-state index contributed by atoms with van der Waals surface area (Å²) >= 11 is 0. The van der Waals surface area contributed by atoms with E-state index in [4.69, 9.17) is 4.74 Å². The number of hydrogen-bond donors (Lipinski definition) is 4. The highest BCUT2D eigenvalue weighted by Crippen LogP contribution is 2.27. The molecule has 4 N–H and O–H groups in total. The topological polar surface area (TPSA) is 82.6 Å². The molecule has 1 unspecified atom stereocenters. The number of aliphatic hydroxyl groups is 1. The molecule has 166 valence electrons. The van der Waals surface area contributed by atoms with Crippen LogP contribution in [-0.2, 0) is 6.42 Å². The largest absolute Gasteiger partial charge is 0.497 e. The van der Waals surface area contributed by atoms with Gasteiger partial charge in [-0.2, -0.15) is 0 Å². The van der Waals surface area contributed by atoms with E-state index in [2.05, 4.69) is 16.0 Å². The van der Waals surface area contributed by atoms with Crippen molar-refractivity contribution in [1.82, 2.24) is 5.32 Å². The summed E-state index contributed by atoms with van der Waals surface area (Å²) in [5.41, 5.74) is 3.54. The third-order valence-corrected chi connectivity index (χ3v) is 5.82. The molecule has 0 radical (unpaired) electrons. The van der Waals surface area contributed by atoms with E-state index < -0.39 is 6.10 Å². The molecule has 3 atom stereocenters. The van der Waals surface area contributed by atoms with Crippen LogP contribution < -0.4 is 20.7 Å². The van der Waals surface area contributed by atoms with Gasteiger partial charge in [0, 0.05) is 29.5 Å². The Kier molecular flexibility index (Phi) is 7.04. The maximum Gasteiger partial charge on any atom is 0.323 e. The van der Waals surface area contributed by atoms with Crippen LogP contribution in [0.2, 0.25) is 0 Å². The zero-order valence-corrected chi connectivity index (χ0v) is 18.1. The summed E-state index contributed by atoms with van der Waals surface area (Å²) < 4.78 is 5.17. The number of methoxy groups -OCH3 is 1. The molecular weight excluding hydrogens is 402 g/mol. The van der Waals surface area contributed by atoms with Crippen molar-refractivity contribution in [3.8, 4) is 5.75 Å². The molecule has 0 aliphatic carbocycles. The van der Waals surface area contributed by atoms with E-state index in [1.807, 2.05) is 72.8 Å². The summed E-state index contributed by atoms with van der Waals surface area (Å²) in [6.07, 6.45) is 2.37. The molecule has 32 heavy (non-hydrogen) atoms. The number of carbonyl (C=O) groups is 1. The van der Waals surface area contributed by atoms with Gasteiger partial charge in [0.1, 0.15) is 5.75 Å². The molecule has 0 spiro atoms. The number of carbonyl (C=O) groups excluding carboxylic acids is 1. The Morgan fingerprint density at radius 1 is 1.00 bits per heavy atom. The summed E-state index contributed by atoms with van der Waals surface area (Å²) in [6, 6.07) is 25.0. The fourth-order valence-electron chi connectivity index (χ4n) is 4.15. The quantitative estimate of drug-likeness (QED) is 0.436. The standard InChI is InChI=1S/C26H29N3O3/c1-32-23-9-5-8-21(17-23)29-26(31)28-20-12-10-18(11-13-20)16-22-14-15-24(27-22)25(30)19-6-3-2-4-7-19/h2-13,17,22,24-25,27,30H,14-16H2,1H3,(H2,28,29,31)/t22-,24+,25?/m0/s1. The first kappa shape index (κ1) is 21.9. The minimum absolute atomic E-state index is 0.0728. The number of ether oxygens (including phenoxy) is 1. The van der Waals surface area contributed by atoms with E-state index in [1.165, 1.54) is 5.56 Å². The average Bonchev–Trinajstić information content (AvgIpc) is 3.29. The minimum Gasteiger partial charge on any atom is -0.497 e. The summed E-state index contributed by atoms with van der Waals surface area (Å²) in [6.45, 7) is 0. The lowest BCUT2D eigenvalue weighted by Crippen LogP contribution is -2.35. The molecule has 1 aliphatic rings. The van der Waals surface area contributed by atoms with Crippen molar-refractivity contribution in [2.24, 2.45) is 0 Å². The third-order valence-electron chi connectivity index (χ3n) is 5.82.